The minimum Gasteiger partial charge on any atom is -0.456 e. The number of amides is 2. The maximum absolute atomic E-state index is 15.0. The maximum atomic E-state index is 15.0. The highest BCUT2D eigenvalue weighted by molar-refractivity contribution is 8.76. The van der Waals surface area contributed by atoms with Crippen LogP contribution in [0.4, 0.5) is 22.7 Å². The Bertz CT molecular complexity index is 2680. The zero-order valence-electron chi connectivity index (χ0n) is 43.2. The minimum absolute atomic E-state index is 0.0168. The fraction of sp³-hybridized carbons (Fsp3) is 0.367. The Morgan fingerprint density at radius 3 is 0.944 bits per heavy atom. The van der Waals surface area contributed by atoms with Gasteiger partial charge in [-0.1, -0.05) is 82.3 Å². The third kappa shape index (κ3) is 7.69. The predicted octanol–water partition coefficient (Wildman–Crippen LogP) is 12.9. The lowest BCUT2D eigenvalue weighted by molar-refractivity contribution is 0.0673. The molecule has 4 aliphatic heterocycles. The number of rotatable bonds is 19. The second-order valence-corrected chi connectivity index (χ2v) is 21.4. The van der Waals surface area contributed by atoms with E-state index in [1.807, 2.05) is 24.3 Å². The van der Waals surface area contributed by atoms with E-state index in [0.29, 0.717) is 24.6 Å². The third-order valence-corrected chi connectivity index (χ3v) is 18.0. The molecule has 0 radical (unpaired) electrons. The van der Waals surface area contributed by atoms with Gasteiger partial charge in [-0.25, -0.2) is 0 Å². The molecule has 0 N–H and O–H groups in total. The molecule has 0 aromatic heterocycles. The van der Waals surface area contributed by atoms with Crippen molar-refractivity contribution in [2.75, 3.05) is 96.6 Å². The molecule has 10 rings (SSSR count). The minimum atomic E-state index is -0.897. The first-order chi connectivity index (χ1) is 35.2. The maximum Gasteiger partial charge on any atom is 0.255 e. The summed E-state index contributed by atoms with van der Waals surface area (Å²) in [7, 11) is 3.51. The molecule has 0 fully saturated rings. The number of carbonyl (C=O) groups excluding carboxylic acids is 2. The average Bonchev–Trinajstić information content (AvgIpc) is 3.80. The number of ether oxygens (including phenoxy) is 2. The molecule has 4 aliphatic rings. The van der Waals surface area contributed by atoms with Gasteiger partial charge in [0.15, 0.2) is 0 Å². The monoisotopic (exact) mass is 1000 g/mol. The summed E-state index contributed by atoms with van der Waals surface area (Å²) in [5, 5.41) is 0. The first-order valence-corrected chi connectivity index (χ1v) is 28.7. The smallest absolute Gasteiger partial charge is 0.255 e. The van der Waals surface area contributed by atoms with Gasteiger partial charge in [-0.15, -0.1) is 0 Å². The van der Waals surface area contributed by atoms with Crippen LogP contribution in [0.5, 0.6) is 23.0 Å². The highest BCUT2D eigenvalue weighted by atomic mass is 33.1. The summed E-state index contributed by atoms with van der Waals surface area (Å²) in [5.74, 6) is 4.48. The van der Waals surface area contributed by atoms with Crippen LogP contribution in [0.15, 0.2) is 121 Å². The topological polar surface area (TPSA) is 72.0 Å². The number of hydrogen-bond acceptors (Lipinski definition) is 10. The Kier molecular flexibility index (Phi) is 13.9. The lowest BCUT2D eigenvalue weighted by atomic mass is 9.74. The van der Waals surface area contributed by atoms with Crippen molar-refractivity contribution in [3.05, 3.63) is 166 Å². The Hall–Kier alpha value is -6.24. The van der Waals surface area contributed by atoms with E-state index in [1.54, 1.807) is 21.6 Å². The van der Waals surface area contributed by atoms with Gasteiger partial charge < -0.3 is 38.9 Å². The molecule has 0 aliphatic carbocycles. The summed E-state index contributed by atoms with van der Waals surface area (Å²) in [4.78, 5) is 43.6. The summed E-state index contributed by atoms with van der Waals surface area (Å²) >= 11 is 0. The molecule has 6 aromatic carbocycles. The lowest BCUT2D eigenvalue weighted by Crippen LogP contribution is -2.48. The van der Waals surface area contributed by atoms with Crippen molar-refractivity contribution in [1.82, 2.24) is 9.80 Å². The molecule has 2 amide bonds. The molecule has 72 heavy (non-hydrogen) atoms. The molecule has 0 saturated heterocycles. The largest absolute Gasteiger partial charge is 0.456 e. The van der Waals surface area contributed by atoms with E-state index in [0.717, 1.165) is 143 Å². The Balaban J connectivity index is 0.976. The Morgan fingerprint density at radius 2 is 0.667 bits per heavy atom. The molecule has 0 unspecified atom stereocenters. The quantitative estimate of drug-likeness (QED) is 0.0579. The van der Waals surface area contributed by atoms with Gasteiger partial charge in [0.25, 0.3) is 11.8 Å². The molecule has 10 nitrogen and oxygen atoms in total. The normalized spacial score (nSPS) is 15.1. The Labute approximate surface area is 434 Å². The molecule has 2 spiro atoms. The van der Waals surface area contributed by atoms with Crippen molar-refractivity contribution in [3.63, 3.8) is 0 Å². The van der Waals surface area contributed by atoms with Crippen LogP contribution in [0.25, 0.3) is 0 Å². The van der Waals surface area contributed by atoms with Crippen molar-refractivity contribution in [2.24, 2.45) is 0 Å². The van der Waals surface area contributed by atoms with E-state index >= 15 is 9.59 Å². The zero-order valence-corrected chi connectivity index (χ0v) is 44.8. The van der Waals surface area contributed by atoms with Gasteiger partial charge in [0, 0.05) is 157 Å². The van der Waals surface area contributed by atoms with Gasteiger partial charge in [-0.05, 0) is 103 Å². The van der Waals surface area contributed by atoms with Crippen LogP contribution in [-0.2, 0) is 11.1 Å². The number of anilines is 4. The van der Waals surface area contributed by atoms with Crippen molar-refractivity contribution >= 4 is 56.2 Å². The van der Waals surface area contributed by atoms with E-state index in [4.69, 9.17) is 9.47 Å². The molecule has 0 bridgehead atoms. The van der Waals surface area contributed by atoms with E-state index in [1.165, 1.54) is 0 Å². The van der Waals surface area contributed by atoms with Crippen molar-refractivity contribution in [1.29, 1.82) is 0 Å². The first-order valence-electron chi connectivity index (χ1n) is 26.2. The van der Waals surface area contributed by atoms with Crippen LogP contribution < -0.4 is 29.1 Å². The number of fused-ring (bicyclic) bond motifs is 12. The highest BCUT2D eigenvalue weighted by Gasteiger charge is 2.58. The summed E-state index contributed by atoms with van der Waals surface area (Å²) in [5.41, 5.74) is 9.87. The van der Waals surface area contributed by atoms with E-state index in [2.05, 4.69) is 182 Å². The predicted molar refractivity (Wildman–Crippen MR) is 300 cm³/mol. The second-order valence-electron chi connectivity index (χ2n) is 18.7. The fourth-order valence-electron chi connectivity index (χ4n) is 12.2. The molecule has 0 atom stereocenters. The van der Waals surface area contributed by atoms with Gasteiger partial charge in [0.05, 0.1) is 0 Å². The molecule has 4 heterocycles. The first kappa shape index (κ1) is 49.3. The van der Waals surface area contributed by atoms with Crippen molar-refractivity contribution < 1.29 is 19.1 Å². The van der Waals surface area contributed by atoms with Gasteiger partial charge in [0.2, 0.25) is 0 Å². The summed E-state index contributed by atoms with van der Waals surface area (Å²) in [6.07, 6.45) is 0. The van der Waals surface area contributed by atoms with E-state index in [9.17, 15) is 0 Å². The molecule has 12 heteroatoms. The second kappa shape index (κ2) is 20.3. The number of hydrogen-bond donors (Lipinski definition) is 0. The number of benzene rings is 6. The van der Waals surface area contributed by atoms with Crippen LogP contribution in [0.2, 0.25) is 0 Å². The van der Waals surface area contributed by atoms with Crippen LogP contribution in [0.1, 0.15) is 109 Å². The highest BCUT2D eigenvalue weighted by Crippen LogP contribution is 2.60. The molecule has 0 saturated carbocycles. The summed E-state index contributed by atoms with van der Waals surface area (Å²) in [6, 6.07) is 42.5. The lowest BCUT2D eigenvalue weighted by Gasteiger charge is -2.45. The molecule has 6 aromatic rings. The number of nitrogens with zero attached hydrogens (tertiary/aromatic N) is 6. The molecule has 374 valence electrons. The van der Waals surface area contributed by atoms with Gasteiger partial charge in [-0.3, -0.25) is 9.59 Å². The fourth-order valence-corrected chi connectivity index (χ4v) is 14.1. The summed E-state index contributed by atoms with van der Waals surface area (Å²) in [6.45, 7) is 25.4. The van der Waals surface area contributed by atoms with Gasteiger partial charge in [0.1, 0.15) is 34.1 Å². The van der Waals surface area contributed by atoms with Crippen LogP contribution in [0, 0.1) is 0 Å². The Morgan fingerprint density at radius 1 is 0.389 bits per heavy atom. The van der Waals surface area contributed by atoms with Crippen LogP contribution >= 0.6 is 21.6 Å². The van der Waals surface area contributed by atoms with E-state index < -0.39 is 11.1 Å². The third-order valence-electron chi connectivity index (χ3n) is 15.6. The summed E-state index contributed by atoms with van der Waals surface area (Å²) < 4.78 is 13.9. The van der Waals surface area contributed by atoms with E-state index in [-0.39, 0.29) is 11.8 Å². The van der Waals surface area contributed by atoms with Crippen LogP contribution in [0.3, 0.4) is 0 Å². The SMILES string of the molecule is CCN(CC)c1ccc2c(c1)Oc1cc(N(CC)CC)ccc1C21c2ccccc2C(=O)N1CCSSCCN1C(=O)c2ccccc2C12c1ccc(N(CC)CC)cc1Oc1cc(N(CC)CC)ccc12. The molecular weight excluding hydrogens is 933 g/mol. The number of carbonyl (C=O) groups is 2. The average molecular weight is 1000 g/mol. The molecular formula is C60H68N6O4S2. The standard InChI is InChI=1S/C60H68N6O4S2/c1-9-61(10-2)41-25-29-49-53(37-41)69-54-38-42(62(11-3)12-4)26-30-50(54)59(49)47-23-19-17-21-45(47)57(67)65(59)33-35-71-72-36-34-66-58(68)46-22-18-20-24-48(46)60(66)51-31-27-43(63(13-5)14-6)39-55(51)70-56-40-44(28-32-52(56)60)64(15-7)16-8/h17-32,37-40H,9-16,33-36H2,1-8H3. The zero-order chi connectivity index (χ0) is 50.3. The van der Waals surface area contributed by atoms with Gasteiger partial charge >= 0.3 is 0 Å². The van der Waals surface area contributed by atoms with Gasteiger partial charge in [-0.2, -0.15) is 0 Å². The van der Waals surface area contributed by atoms with Crippen LogP contribution in [-0.4, -0.2) is 98.6 Å². The van der Waals surface area contributed by atoms with Crippen molar-refractivity contribution in [3.8, 4) is 23.0 Å². The van der Waals surface area contributed by atoms with Crippen molar-refractivity contribution in [2.45, 2.75) is 66.5 Å².